The lowest BCUT2D eigenvalue weighted by molar-refractivity contribution is 0.0955. The molecule has 1 amide bonds. The average molecular weight is 384 g/mol. The zero-order valence-electron chi connectivity index (χ0n) is 16.7. The highest BCUT2D eigenvalue weighted by atomic mass is 16.2. The van der Waals surface area contributed by atoms with Crippen molar-refractivity contribution in [3.8, 4) is 0 Å². The Kier molecular flexibility index (Phi) is 5.29. The number of amides is 1. The van der Waals surface area contributed by atoms with Gasteiger partial charge in [-0.1, -0.05) is 36.4 Å². The second-order valence-corrected chi connectivity index (χ2v) is 7.36. The molecule has 0 saturated carbocycles. The van der Waals surface area contributed by atoms with Crippen molar-refractivity contribution in [2.75, 3.05) is 23.9 Å². The molecule has 4 rings (SSSR count). The van der Waals surface area contributed by atoms with Crippen LogP contribution in [-0.2, 0) is 13.1 Å². The lowest BCUT2D eigenvalue weighted by Gasteiger charge is -2.17. The number of nitrogens with zero attached hydrogens (tertiary/aromatic N) is 3. The molecule has 0 bridgehead atoms. The molecular formula is C24H24N4O. The van der Waals surface area contributed by atoms with Gasteiger partial charge in [0, 0.05) is 44.1 Å². The minimum Gasteiger partial charge on any atom is -0.378 e. The molecule has 29 heavy (non-hydrogen) atoms. The molecule has 5 nitrogen and oxygen atoms in total. The third-order valence-corrected chi connectivity index (χ3v) is 5.12. The van der Waals surface area contributed by atoms with Gasteiger partial charge in [-0.2, -0.15) is 5.10 Å². The van der Waals surface area contributed by atoms with Gasteiger partial charge in [0.25, 0.3) is 5.91 Å². The molecule has 1 N–H and O–H groups in total. The van der Waals surface area contributed by atoms with Crippen molar-refractivity contribution in [2.45, 2.75) is 13.1 Å². The predicted octanol–water partition coefficient (Wildman–Crippen LogP) is 4.04. The van der Waals surface area contributed by atoms with E-state index in [-0.39, 0.29) is 5.91 Å². The molecule has 5 heteroatoms. The average Bonchev–Trinajstić information content (AvgIpc) is 3.18. The van der Waals surface area contributed by atoms with Crippen molar-refractivity contribution in [3.63, 3.8) is 0 Å². The number of fused-ring (bicyclic) bond motifs is 1. The van der Waals surface area contributed by atoms with E-state index >= 15 is 0 Å². The first-order valence-corrected chi connectivity index (χ1v) is 9.63. The summed E-state index contributed by atoms with van der Waals surface area (Å²) < 4.78 is 0. The number of rotatable bonds is 5. The Labute approximate surface area is 171 Å². The van der Waals surface area contributed by atoms with Crippen LogP contribution in [0.15, 0.2) is 77.9 Å². The first-order chi connectivity index (χ1) is 14.1. The van der Waals surface area contributed by atoms with Gasteiger partial charge in [0.2, 0.25) is 0 Å². The molecule has 1 aliphatic rings. The summed E-state index contributed by atoms with van der Waals surface area (Å²) in [6, 6.07) is 24.1. The monoisotopic (exact) mass is 384 g/mol. The maximum absolute atomic E-state index is 12.3. The van der Waals surface area contributed by atoms with Crippen molar-refractivity contribution in [1.82, 2.24) is 5.43 Å². The van der Waals surface area contributed by atoms with Gasteiger partial charge in [-0.3, -0.25) is 4.79 Å². The Balaban J connectivity index is 1.35. The van der Waals surface area contributed by atoms with E-state index in [9.17, 15) is 4.79 Å². The number of hydrogen-bond donors (Lipinski definition) is 1. The Morgan fingerprint density at radius 3 is 2.14 bits per heavy atom. The Morgan fingerprint density at radius 1 is 0.931 bits per heavy atom. The fraction of sp³-hybridized carbons (Fsp3) is 0.167. The maximum Gasteiger partial charge on any atom is 0.271 e. The van der Waals surface area contributed by atoms with E-state index in [0.717, 1.165) is 30.0 Å². The molecule has 1 heterocycles. The highest BCUT2D eigenvalue weighted by Crippen LogP contribution is 2.28. The second kappa shape index (κ2) is 8.19. The number of hydrazone groups is 1. The van der Waals surface area contributed by atoms with Crippen LogP contribution in [0.5, 0.6) is 0 Å². The van der Waals surface area contributed by atoms with Crippen LogP contribution in [-0.4, -0.2) is 26.2 Å². The largest absolute Gasteiger partial charge is 0.378 e. The Hall–Kier alpha value is -3.60. The number of carbonyl (C=O) groups excluding carboxylic acids is 1. The van der Waals surface area contributed by atoms with Crippen molar-refractivity contribution >= 4 is 23.5 Å². The Morgan fingerprint density at radius 2 is 1.55 bits per heavy atom. The molecule has 0 saturated heterocycles. The van der Waals surface area contributed by atoms with Crippen LogP contribution in [0, 0.1) is 0 Å². The molecule has 0 aliphatic carbocycles. The summed E-state index contributed by atoms with van der Waals surface area (Å²) in [5, 5.41) is 4.07. The smallest absolute Gasteiger partial charge is 0.271 e. The maximum atomic E-state index is 12.3. The van der Waals surface area contributed by atoms with Gasteiger partial charge in [0.1, 0.15) is 0 Å². The highest BCUT2D eigenvalue weighted by Gasteiger charge is 2.18. The molecule has 0 aromatic heterocycles. The van der Waals surface area contributed by atoms with Crippen LogP contribution in [0.25, 0.3) is 0 Å². The summed E-state index contributed by atoms with van der Waals surface area (Å²) in [7, 11) is 3.99. The molecule has 3 aromatic carbocycles. The molecule has 0 spiro atoms. The van der Waals surface area contributed by atoms with Crippen LogP contribution < -0.4 is 15.2 Å². The molecule has 1 aliphatic heterocycles. The van der Waals surface area contributed by atoms with Gasteiger partial charge < -0.3 is 9.80 Å². The first kappa shape index (κ1) is 18.7. The quantitative estimate of drug-likeness (QED) is 0.534. The standard InChI is InChI=1S/C24H24N4O/c1-27(2)22-11-7-18(8-12-22)15-25-26-24(29)19-9-13-23(14-10-19)28-16-20-5-3-4-6-21(20)17-28/h3-15H,16-17H2,1-2H3,(H,26,29)/b25-15-. The highest BCUT2D eigenvalue weighted by molar-refractivity contribution is 5.95. The van der Waals surface area contributed by atoms with Gasteiger partial charge >= 0.3 is 0 Å². The van der Waals surface area contributed by atoms with Crippen LogP contribution in [0.2, 0.25) is 0 Å². The number of hydrogen-bond acceptors (Lipinski definition) is 4. The third kappa shape index (κ3) is 4.29. The lowest BCUT2D eigenvalue weighted by Crippen LogP contribution is -2.18. The van der Waals surface area contributed by atoms with Crippen LogP contribution in [0.3, 0.4) is 0 Å². The van der Waals surface area contributed by atoms with E-state index in [0.29, 0.717) is 5.56 Å². The van der Waals surface area contributed by atoms with E-state index in [1.54, 1.807) is 6.21 Å². The van der Waals surface area contributed by atoms with Gasteiger partial charge in [-0.25, -0.2) is 5.43 Å². The summed E-state index contributed by atoms with van der Waals surface area (Å²) in [4.78, 5) is 16.7. The fourth-order valence-electron chi connectivity index (χ4n) is 3.43. The third-order valence-electron chi connectivity index (χ3n) is 5.12. The molecule has 3 aromatic rings. The van der Waals surface area contributed by atoms with Crippen molar-refractivity contribution in [1.29, 1.82) is 0 Å². The summed E-state index contributed by atoms with van der Waals surface area (Å²) in [6.07, 6.45) is 1.65. The minimum absolute atomic E-state index is 0.220. The molecule has 0 radical (unpaired) electrons. The van der Waals surface area contributed by atoms with E-state index in [1.165, 1.54) is 11.1 Å². The predicted molar refractivity (Wildman–Crippen MR) is 119 cm³/mol. The first-order valence-electron chi connectivity index (χ1n) is 9.63. The summed E-state index contributed by atoms with van der Waals surface area (Å²) in [5.41, 5.74) is 9.07. The van der Waals surface area contributed by atoms with Crippen molar-refractivity contribution in [3.05, 3.63) is 95.1 Å². The summed E-state index contributed by atoms with van der Waals surface area (Å²) in [6.45, 7) is 1.80. The van der Waals surface area contributed by atoms with Crippen molar-refractivity contribution in [2.24, 2.45) is 5.10 Å². The number of nitrogens with one attached hydrogen (secondary N) is 1. The zero-order chi connectivity index (χ0) is 20.2. The molecule has 146 valence electrons. The second-order valence-electron chi connectivity index (χ2n) is 7.36. The van der Waals surface area contributed by atoms with Gasteiger partial charge in [0.15, 0.2) is 0 Å². The van der Waals surface area contributed by atoms with Crippen LogP contribution >= 0.6 is 0 Å². The number of anilines is 2. The topological polar surface area (TPSA) is 47.9 Å². The van der Waals surface area contributed by atoms with Crippen LogP contribution in [0.1, 0.15) is 27.0 Å². The van der Waals surface area contributed by atoms with E-state index in [2.05, 4.69) is 39.7 Å². The van der Waals surface area contributed by atoms with E-state index in [1.807, 2.05) is 67.5 Å². The normalized spacial score (nSPS) is 12.8. The SMILES string of the molecule is CN(C)c1ccc(/C=N\NC(=O)c2ccc(N3Cc4ccccc4C3)cc2)cc1. The van der Waals surface area contributed by atoms with Gasteiger partial charge in [0.05, 0.1) is 6.21 Å². The van der Waals surface area contributed by atoms with E-state index in [4.69, 9.17) is 0 Å². The summed E-state index contributed by atoms with van der Waals surface area (Å²) >= 11 is 0. The zero-order valence-corrected chi connectivity index (χ0v) is 16.7. The molecular weight excluding hydrogens is 360 g/mol. The number of benzene rings is 3. The Bertz CT molecular complexity index is 999. The van der Waals surface area contributed by atoms with E-state index < -0.39 is 0 Å². The molecule has 0 unspecified atom stereocenters. The summed E-state index contributed by atoms with van der Waals surface area (Å²) in [5.74, 6) is -0.220. The van der Waals surface area contributed by atoms with Gasteiger partial charge in [-0.15, -0.1) is 0 Å². The molecule has 0 atom stereocenters. The van der Waals surface area contributed by atoms with Crippen molar-refractivity contribution < 1.29 is 4.79 Å². The lowest BCUT2D eigenvalue weighted by atomic mass is 10.1. The fourth-order valence-corrected chi connectivity index (χ4v) is 3.43. The number of carbonyl (C=O) groups is 1. The van der Waals surface area contributed by atoms with Crippen LogP contribution in [0.4, 0.5) is 11.4 Å². The minimum atomic E-state index is -0.220. The molecule has 0 fully saturated rings. The van der Waals surface area contributed by atoms with Gasteiger partial charge in [-0.05, 0) is 53.1 Å².